The SMILES string of the molecule is Cc1cnn2ncn(Cc3nc([C@@H]4CO[C@@H](c5ccc6c(c5)CN=C6)C4)no3)c(=O)c12. The van der Waals surface area contributed by atoms with Crippen molar-refractivity contribution in [1.29, 1.82) is 0 Å². The maximum absolute atomic E-state index is 12.7. The second-order valence-electron chi connectivity index (χ2n) is 7.96. The van der Waals surface area contributed by atoms with Crippen molar-refractivity contribution >= 4 is 11.7 Å². The molecule has 31 heavy (non-hydrogen) atoms. The van der Waals surface area contributed by atoms with Crippen molar-refractivity contribution in [2.75, 3.05) is 6.61 Å². The van der Waals surface area contributed by atoms with E-state index in [1.807, 2.05) is 13.1 Å². The van der Waals surface area contributed by atoms with Gasteiger partial charge >= 0.3 is 0 Å². The van der Waals surface area contributed by atoms with Gasteiger partial charge in [0.05, 0.1) is 25.5 Å². The highest BCUT2D eigenvalue weighted by Crippen LogP contribution is 2.37. The van der Waals surface area contributed by atoms with E-state index in [2.05, 4.69) is 43.5 Å². The quantitative estimate of drug-likeness (QED) is 0.498. The zero-order valence-electron chi connectivity index (χ0n) is 16.8. The van der Waals surface area contributed by atoms with Crippen LogP contribution in [0, 0.1) is 6.92 Å². The minimum Gasteiger partial charge on any atom is -0.373 e. The summed E-state index contributed by atoms with van der Waals surface area (Å²) in [5, 5.41) is 12.4. The highest BCUT2D eigenvalue weighted by atomic mass is 16.5. The van der Waals surface area contributed by atoms with Crippen LogP contribution < -0.4 is 5.56 Å². The molecule has 0 saturated carbocycles. The summed E-state index contributed by atoms with van der Waals surface area (Å²) in [7, 11) is 0. The van der Waals surface area contributed by atoms with Crippen LogP contribution in [0.2, 0.25) is 0 Å². The van der Waals surface area contributed by atoms with Gasteiger partial charge in [0, 0.05) is 17.7 Å². The number of aromatic nitrogens is 6. The van der Waals surface area contributed by atoms with Gasteiger partial charge in [-0.3, -0.25) is 14.4 Å². The molecule has 0 bridgehead atoms. The molecule has 6 rings (SSSR count). The molecule has 156 valence electrons. The molecule has 2 aliphatic rings. The highest BCUT2D eigenvalue weighted by molar-refractivity contribution is 5.84. The first-order valence-corrected chi connectivity index (χ1v) is 10.1. The number of fused-ring (bicyclic) bond motifs is 2. The van der Waals surface area contributed by atoms with Crippen molar-refractivity contribution < 1.29 is 9.26 Å². The Balaban J connectivity index is 1.19. The maximum Gasteiger partial charge on any atom is 0.280 e. The lowest BCUT2D eigenvalue weighted by Crippen LogP contribution is -2.24. The van der Waals surface area contributed by atoms with Crippen LogP contribution in [0.4, 0.5) is 0 Å². The number of benzene rings is 1. The third-order valence-corrected chi connectivity index (χ3v) is 5.88. The number of aliphatic imine (C=N–C) groups is 1. The van der Waals surface area contributed by atoms with Crippen LogP contribution in [0.3, 0.4) is 0 Å². The van der Waals surface area contributed by atoms with E-state index in [4.69, 9.17) is 9.26 Å². The van der Waals surface area contributed by atoms with Gasteiger partial charge < -0.3 is 9.26 Å². The van der Waals surface area contributed by atoms with E-state index in [0.29, 0.717) is 23.8 Å². The first-order valence-electron chi connectivity index (χ1n) is 10.1. The molecule has 2 aliphatic heterocycles. The van der Waals surface area contributed by atoms with Crippen LogP contribution in [0.25, 0.3) is 5.52 Å². The van der Waals surface area contributed by atoms with Gasteiger partial charge in [-0.25, -0.2) is 0 Å². The van der Waals surface area contributed by atoms with E-state index in [0.717, 1.165) is 24.1 Å². The monoisotopic (exact) mass is 417 g/mol. The van der Waals surface area contributed by atoms with E-state index in [1.54, 1.807) is 6.20 Å². The van der Waals surface area contributed by atoms with Crippen LogP contribution in [0.15, 0.2) is 45.0 Å². The van der Waals surface area contributed by atoms with E-state index in [-0.39, 0.29) is 24.1 Å². The van der Waals surface area contributed by atoms with Crippen LogP contribution >= 0.6 is 0 Å². The zero-order valence-corrected chi connectivity index (χ0v) is 16.8. The van der Waals surface area contributed by atoms with E-state index < -0.39 is 0 Å². The Labute approximate surface area is 176 Å². The molecule has 5 heterocycles. The van der Waals surface area contributed by atoms with E-state index in [9.17, 15) is 4.79 Å². The van der Waals surface area contributed by atoms with Gasteiger partial charge in [-0.2, -0.15) is 10.1 Å². The average Bonchev–Trinajstić information content (AvgIpc) is 3.56. The summed E-state index contributed by atoms with van der Waals surface area (Å²) in [5.41, 5.74) is 4.57. The van der Waals surface area contributed by atoms with Crippen molar-refractivity contribution in [2.24, 2.45) is 4.99 Å². The zero-order chi connectivity index (χ0) is 20.9. The molecular weight excluding hydrogens is 398 g/mol. The molecular formula is C21H19N7O3. The van der Waals surface area contributed by atoms with Crippen molar-refractivity contribution in [1.82, 2.24) is 29.5 Å². The first-order chi connectivity index (χ1) is 15.2. The van der Waals surface area contributed by atoms with Crippen molar-refractivity contribution in [3.8, 4) is 0 Å². The smallest absolute Gasteiger partial charge is 0.280 e. The van der Waals surface area contributed by atoms with Gasteiger partial charge in [0.15, 0.2) is 11.3 Å². The average molecular weight is 417 g/mol. The Kier molecular flexibility index (Phi) is 4.06. The fourth-order valence-corrected chi connectivity index (χ4v) is 4.19. The molecule has 3 aromatic heterocycles. The minimum atomic E-state index is -0.199. The van der Waals surface area contributed by atoms with Crippen LogP contribution in [0.5, 0.6) is 0 Å². The van der Waals surface area contributed by atoms with Crippen molar-refractivity contribution in [3.63, 3.8) is 0 Å². The number of nitrogens with zero attached hydrogens (tertiary/aromatic N) is 7. The van der Waals surface area contributed by atoms with Gasteiger partial charge in [0.1, 0.15) is 12.9 Å². The topological polar surface area (TPSA) is 113 Å². The largest absolute Gasteiger partial charge is 0.373 e. The third kappa shape index (κ3) is 3.07. The second kappa shape index (κ2) is 6.95. The molecule has 4 aromatic rings. The minimum absolute atomic E-state index is 0.00285. The summed E-state index contributed by atoms with van der Waals surface area (Å²) in [6, 6.07) is 6.36. The Morgan fingerprint density at radius 1 is 1.26 bits per heavy atom. The molecule has 0 N–H and O–H groups in total. The standard InChI is InChI=1S/C21H19N7O3/c1-12-6-23-28-19(12)21(29)27(11-24-28)9-18-25-20(26-31-18)16-5-17(30-10-16)13-2-3-14-7-22-8-15(14)4-13/h2-4,6-7,11,16-17H,5,8-10H2,1H3/t16-,17+/m0/s1. The number of aryl methyl sites for hydroxylation is 1. The lowest BCUT2D eigenvalue weighted by Gasteiger charge is -2.11. The fraction of sp³-hybridized carbons (Fsp3) is 0.333. The Bertz CT molecular complexity index is 1380. The summed E-state index contributed by atoms with van der Waals surface area (Å²) in [4.78, 5) is 21.5. The molecule has 0 aliphatic carbocycles. The number of hydrogen-bond acceptors (Lipinski definition) is 8. The molecule has 0 spiro atoms. The van der Waals surface area contributed by atoms with Crippen molar-refractivity contribution in [3.05, 3.63) is 75.0 Å². The Morgan fingerprint density at radius 2 is 2.19 bits per heavy atom. The molecule has 1 aromatic carbocycles. The summed E-state index contributed by atoms with van der Waals surface area (Å²) in [5.74, 6) is 1.00. The number of rotatable bonds is 4. The Hall–Kier alpha value is -3.66. The summed E-state index contributed by atoms with van der Waals surface area (Å²) in [6.07, 6.45) is 5.73. The maximum atomic E-state index is 12.7. The summed E-state index contributed by atoms with van der Waals surface area (Å²) < 4.78 is 14.2. The molecule has 10 heteroatoms. The molecule has 1 saturated heterocycles. The number of hydrogen-bond donors (Lipinski definition) is 0. The molecule has 2 atom stereocenters. The second-order valence-corrected chi connectivity index (χ2v) is 7.96. The normalized spacial score (nSPS) is 20.0. The fourth-order valence-electron chi connectivity index (χ4n) is 4.19. The lowest BCUT2D eigenvalue weighted by molar-refractivity contribution is 0.110. The predicted molar refractivity (Wildman–Crippen MR) is 109 cm³/mol. The predicted octanol–water partition coefficient (Wildman–Crippen LogP) is 1.81. The van der Waals surface area contributed by atoms with Crippen LogP contribution in [-0.4, -0.2) is 42.4 Å². The summed E-state index contributed by atoms with van der Waals surface area (Å²) >= 11 is 0. The Morgan fingerprint density at radius 3 is 3.13 bits per heavy atom. The van der Waals surface area contributed by atoms with Gasteiger partial charge in [0.2, 0.25) is 5.89 Å². The van der Waals surface area contributed by atoms with Gasteiger partial charge in [0.25, 0.3) is 5.56 Å². The van der Waals surface area contributed by atoms with Gasteiger partial charge in [-0.05, 0) is 30.0 Å². The van der Waals surface area contributed by atoms with Crippen LogP contribution in [-0.2, 0) is 17.8 Å². The molecule has 10 nitrogen and oxygen atoms in total. The molecule has 1 fully saturated rings. The third-order valence-electron chi connectivity index (χ3n) is 5.88. The number of ether oxygens (including phenoxy) is 1. The lowest BCUT2D eigenvalue weighted by atomic mass is 9.97. The van der Waals surface area contributed by atoms with E-state index in [1.165, 1.54) is 26.7 Å². The van der Waals surface area contributed by atoms with E-state index >= 15 is 0 Å². The molecule has 0 unspecified atom stereocenters. The molecule has 0 amide bonds. The first kappa shape index (κ1) is 18.1. The van der Waals surface area contributed by atoms with Gasteiger partial charge in [-0.1, -0.05) is 23.4 Å². The van der Waals surface area contributed by atoms with Crippen molar-refractivity contribution in [2.45, 2.75) is 38.5 Å². The van der Waals surface area contributed by atoms with Crippen LogP contribution in [0.1, 0.15) is 52.4 Å². The summed E-state index contributed by atoms with van der Waals surface area (Å²) in [6.45, 7) is 3.24. The highest BCUT2D eigenvalue weighted by Gasteiger charge is 2.31. The molecule has 0 radical (unpaired) electrons. The van der Waals surface area contributed by atoms with Gasteiger partial charge in [-0.15, -0.1) is 9.73 Å².